The summed E-state index contributed by atoms with van der Waals surface area (Å²) in [6.07, 6.45) is 3.04. The molecule has 1 aromatic carbocycles. The van der Waals surface area contributed by atoms with Crippen LogP contribution in [-0.2, 0) is 23.2 Å². The summed E-state index contributed by atoms with van der Waals surface area (Å²) in [7, 11) is 1.85. The molecule has 0 fully saturated rings. The predicted molar refractivity (Wildman–Crippen MR) is 110 cm³/mol. The van der Waals surface area contributed by atoms with Crippen molar-refractivity contribution in [3.63, 3.8) is 0 Å². The largest absolute Gasteiger partial charge is 0.454 e. The number of hydrogen-bond donors (Lipinski definition) is 2. The second-order valence-electron chi connectivity index (χ2n) is 6.52. The monoisotopic (exact) mass is 393 g/mol. The molecule has 0 saturated carbocycles. The molecule has 9 heteroatoms. The minimum absolute atomic E-state index is 0.0410. The van der Waals surface area contributed by atoms with Crippen LogP contribution in [0.15, 0.2) is 30.3 Å². The van der Waals surface area contributed by atoms with E-state index >= 15 is 0 Å². The molecule has 2 aromatic heterocycles. The average Bonchev–Trinajstić information content (AvgIpc) is 2.91. The van der Waals surface area contributed by atoms with Gasteiger partial charge in [-0.15, -0.1) is 0 Å². The van der Waals surface area contributed by atoms with Crippen molar-refractivity contribution < 1.29 is 9.53 Å². The van der Waals surface area contributed by atoms with Gasteiger partial charge in [0.05, 0.1) is 5.69 Å². The second kappa shape index (κ2) is 8.51. The van der Waals surface area contributed by atoms with Gasteiger partial charge in [-0.3, -0.25) is 4.68 Å². The highest BCUT2D eigenvalue weighted by atomic mass is 16.5. The number of nitrogen functional groups attached to an aromatic ring is 1. The highest BCUT2D eigenvalue weighted by Gasteiger charge is 2.10. The number of ether oxygens (including phenoxy) is 1. The minimum Gasteiger partial charge on any atom is -0.454 e. The Kier molecular flexibility index (Phi) is 5.87. The smallest absolute Gasteiger partial charge is 0.331 e. The third-order valence-corrected chi connectivity index (χ3v) is 4.39. The number of nitrogens with two attached hydrogens (primary N) is 1. The molecule has 0 amide bonds. The fraction of sp³-hybridized carbons (Fsp3) is 0.250. The van der Waals surface area contributed by atoms with Crippen LogP contribution in [0, 0.1) is 20.8 Å². The van der Waals surface area contributed by atoms with Crippen LogP contribution >= 0.6 is 0 Å². The Balaban J connectivity index is 1.66. The molecule has 3 N–H and O–H groups in total. The van der Waals surface area contributed by atoms with Crippen LogP contribution in [-0.4, -0.2) is 30.7 Å². The van der Waals surface area contributed by atoms with Crippen LogP contribution in [0.5, 0.6) is 0 Å². The lowest BCUT2D eigenvalue weighted by molar-refractivity contribution is -0.139. The Morgan fingerprint density at radius 1 is 1.21 bits per heavy atom. The highest BCUT2D eigenvalue weighted by Crippen LogP contribution is 2.18. The number of aryl methyl sites for hydroxylation is 3. The highest BCUT2D eigenvalue weighted by molar-refractivity contribution is 5.87. The minimum atomic E-state index is -0.514. The van der Waals surface area contributed by atoms with Gasteiger partial charge in [0.25, 0.3) is 0 Å². The quantitative estimate of drug-likeness (QED) is 0.484. The molecule has 0 spiro atoms. The maximum atomic E-state index is 12.1. The maximum Gasteiger partial charge on any atom is 0.331 e. The number of aromatic nitrogens is 5. The molecule has 3 aromatic rings. The van der Waals surface area contributed by atoms with Crippen LogP contribution < -0.4 is 11.1 Å². The van der Waals surface area contributed by atoms with Gasteiger partial charge in [0.15, 0.2) is 12.4 Å². The zero-order chi connectivity index (χ0) is 21.0. The Bertz CT molecular complexity index is 1070. The molecule has 0 aliphatic carbocycles. The van der Waals surface area contributed by atoms with Gasteiger partial charge in [-0.05, 0) is 38.5 Å². The van der Waals surface area contributed by atoms with Crippen molar-refractivity contribution >= 4 is 29.6 Å². The Morgan fingerprint density at radius 3 is 2.66 bits per heavy atom. The molecule has 150 valence electrons. The van der Waals surface area contributed by atoms with E-state index < -0.39 is 5.97 Å². The molecular formula is C20H23N7O2. The van der Waals surface area contributed by atoms with Gasteiger partial charge in [-0.25, -0.2) is 4.79 Å². The summed E-state index contributed by atoms with van der Waals surface area (Å²) in [5.74, 6) is 0.0680. The first-order valence-electron chi connectivity index (χ1n) is 9.01. The maximum absolute atomic E-state index is 12.1. The topological polar surface area (TPSA) is 121 Å². The number of carbonyl (C=O) groups excluding carboxylic acids is 1. The molecular weight excluding hydrogens is 370 g/mol. The molecule has 0 aliphatic heterocycles. The zero-order valence-corrected chi connectivity index (χ0v) is 16.8. The van der Waals surface area contributed by atoms with Crippen LogP contribution in [0.25, 0.3) is 6.08 Å². The van der Waals surface area contributed by atoms with Crippen LogP contribution in [0.3, 0.4) is 0 Å². The number of para-hydroxylation sites is 1. The number of carbonyl (C=O) groups is 1. The second-order valence-corrected chi connectivity index (χ2v) is 6.52. The summed E-state index contributed by atoms with van der Waals surface area (Å²) in [6, 6.07) is 7.71. The summed E-state index contributed by atoms with van der Waals surface area (Å²) in [5, 5.41) is 7.40. The standard InChI is InChI=1S/C20H23N7O2/c1-12-7-5-6-8-16(12)22-20-24-17(23-19(21)25-20)11-29-18(28)10-9-15-13(2)26-27(4)14(15)3/h5-10H,11H2,1-4H3,(H3,21,22,23,24,25)/b10-9+. The Labute approximate surface area is 168 Å². The molecule has 0 bridgehead atoms. The van der Waals surface area contributed by atoms with Crippen LogP contribution in [0.1, 0.15) is 28.3 Å². The molecule has 29 heavy (non-hydrogen) atoms. The molecule has 3 rings (SSSR count). The molecule has 0 saturated heterocycles. The first-order valence-corrected chi connectivity index (χ1v) is 9.01. The van der Waals surface area contributed by atoms with Crippen molar-refractivity contribution in [2.45, 2.75) is 27.4 Å². The van der Waals surface area contributed by atoms with Gasteiger partial charge in [0.2, 0.25) is 11.9 Å². The number of anilines is 3. The van der Waals surface area contributed by atoms with Gasteiger partial charge in [0, 0.05) is 30.1 Å². The van der Waals surface area contributed by atoms with Crippen molar-refractivity contribution in [3.8, 4) is 0 Å². The van der Waals surface area contributed by atoms with Gasteiger partial charge in [0.1, 0.15) is 0 Å². The van der Waals surface area contributed by atoms with Gasteiger partial charge in [-0.2, -0.15) is 20.1 Å². The number of nitrogens with zero attached hydrogens (tertiary/aromatic N) is 5. The summed E-state index contributed by atoms with van der Waals surface area (Å²) in [6.45, 7) is 5.66. The molecule has 2 heterocycles. The number of hydrogen-bond acceptors (Lipinski definition) is 8. The van der Waals surface area contributed by atoms with E-state index in [1.165, 1.54) is 6.08 Å². The number of benzene rings is 1. The van der Waals surface area contributed by atoms with E-state index in [9.17, 15) is 4.79 Å². The van der Waals surface area contributed by atoms with E-state index in [4.69, 9.17) is 10.5 Å². The molecule has 0 atom stereocenters. The van der Waals surface area contributed by atoms with Gasteiger partial charge < -0.3 is 15.8 Å². The fourth-order valence-corrected chi connectivity index (χ4v) is 2.76. The van der Waals surface area contributed by atoms with Crippen molar-refractivity contribution in [1.82, 2.24) is 24.7 Å². The van der Waals surface area contributed by atoms with Gasteiger partial charge in [-0.1, -0.05) is 18.2 Å². The van der Waals surface area contributed by atoms with E-state index in [-0.39, 0.29) is 24.3 Å². The summed E-state index contributed by atoms with van der Waals surface area (Å²) >= 11 is 0. The lowest BCUT2D eigenvalue weighted by Crippen LogP contribution is -2.10. The lowest BCUT2D eigenvalue weighted by atomic mass is 10.2. The molecule has 0 aliphatic rings. The third kappa shape index (κ3) is 4.95. The number of esters is 1. The van der Waals surface area contributed by atoms with Crippen LogP contribution in [0.2, 0.25) is 0 Å². The lowest BCUT2D eigenvalue weighted by Gasteiger charge is -2.09. The van der Waals surface area contributed by atoms with E-state index in [2.05, 4.69) is 25.4 Å². The average molecular weight is 393 g/mol. The van der Waals surface area contributed by atoms with Crippen molar-refractivity contribution in [1.29, 1.82) is 0 Å². The fourth-order valence-electron chi connectivity index (χ4n) is 2.76. The summed E-state index contributed by atoms with van der Waals surface area (Å²) in [4.78, 5) is 24.4. The SMILES string of the molecule is Cc1ccccc1Nc1nc(N)nc(COC(=O)/C=C/c2c(C)nn(C)c2C)n1. The van der Waals surface area contributed by atoms with E-state index in [0.717, 1.165) is 28.2 Å². The normalized spacial score (nSPS) is 11.0. The Hall–Kier alpha value is -3.75. The van der Waals surface area contributed by atoms with Crippen molar-refractivity contribution in [3.05, 3.63) is 58.7 Å². The van der Waals surface area contributed by atoms with E-state index in [1.807, 2.05) is 52.1 Å². The number of nitrogens with one attached hydrogen (secondary N) is 1. The molecule has 0 unspecified atom stereocenters. The first kappa shape index (κ1) is 20.0. The summed E-state index contributed by atoms with van der Waals surface area (Å²) < 4.78 is 6.99. The predicted octanol–water partition coefficient (Wildman–Crippen LogP) is 2.61. The van der Waals surface area contributed by atoms with Crippen molar-refractivity contribution in [2.24, 2.45) is 7.05 Å². The number of rotatable bonds is 6. The third-order valence-electron chi connectivity index (χ3n) is 4.39. The van der Waals surface area contributed by atoms with E-state index in [0.29, 0.717) is 0 Å². The van der Waals surface area contributed by atoms with Crippen molar-refractivity contribution in [2.75, 3.05) is 11.1 Å². The summed E-state index contributed by atoms with van der Waals surface area (Å²) in [5.41, 5.74) is 10.3. The van der Waals surface area contributed by atoms with Gasteiger partial charge >= 0.3 is 5.97 Å². The van der Waals surface area contributed by atoms with Crippen LogP contribution in [0.4, 0.5) is 17.6 Å². The first-order chi connectivity index (χ1) is 13.8. The molecule has 9 nitrogen and oxygen atoms in total. The zero-order valence-electron chi connectivity index (χ0n) is 16.8. The molecule has 0 radical (unpaired) electrons. The van der Waals surface area contributed by atoms with E-state index in [1.54, 1.807) is 10.8 Å². The Morgan fingerprint density at radius 2 is 1.97 bits per heavy atom.